The van der Waals surface area contributed by atoms with E-state index in [1.807, 2.05) is 13.8 Å². The number of hydrogen-bond acceptors (Lipinski definition) is 14. The number of benzene rings is 1. The fourth-order valence-electron chi connectivity index (χ4n) is 4.19. The molecule has 1 aromatic heterocycles. The van der Waals surface area contributed by atoms with Gasteiger partial charge in [0.2, 0.25) is 16.0 Å². The van der Waals surface area contributed by atoms with Gasteiger partial charge in [-0.3, -0.25) is 4.79 Å². The van der Waals surface area contributed by atoms with E-state index in [0.29, 0.717) is 16.8 Å². The maximum Gasteiger partial charge on any atom is 0.308 e. The molecule has 18 heteroatoms. The smallest absolute Gasteiger partial charge is 0.308 e. The van der Waals surface area contributed by atoms with Gasteiger partial charge in [0.1, 0.15) is 11.9 Å². The zero-order valence-electron chi connectivity index (χ0n) is 26.0. The van der Waals surface area contributed by atoms with Crippen LogP contribution in [0.25, 0.3) is 17.3 Å². The zero-order chi connectivity index (χ0) is 34.6. The number of sulfonamides is 1. The molecule has 0 amide bonds. The van der Waals surface area contributed by atoms with Crippen LogP contribution in [0.4, 0.5) is 10.3 Å². The van der Waals surface area contributed by atoms with Crippen molar-refractivity contribution >= 4 is 28.0 Å². The number of ether oxygens (including phenoxy) is 1. The molecule has 1 heterocycles. The molecule has 0 bridgehead atoms. The molecule has 2 rings (SSSR count). The SMILES string of the molecule is CC(C)c1nc(N(C)S(C)(=O)=O)nc(-c2ccc(F)cc2)c1/C=C/C(O)C[C@@H](O)CC(=O)OCCCC(O[N+](=O)[O-])C(C)ON=O. The minimum Gasteiger partial charge on any atom is -0.466 e. The van der Waals surface area contributed by atoms with E-state index in [4.69, 9.17) is 4.74 Å². The fourth-order valence-corrected chi connectivity index (χ4v) is 4.56. The number of aliphatic hydroxyl groups excluding tert-OH is 2. The summed E-state index contributed by atoms with van der Waals surface area (Å²) in [5.74, 6) is -1.60. The Morgan fingerprint density at radius 1 is 1.20 bits per heavy atom. The normalized spacial score (nSPS) is 14.4. The summed E-state index contributed by atoms with van der Waals surface area (Å²) in [5, 5.41) is 32.8. The van der Waals surface area contributed by atoms with Crippen molar-refractivity contribution in [1.29, 1.82) is 0 Å². The molecule has 2 N–H and O–H groups in total. The first kappa shape index (κ1) is 37.9. The van der Waals surface area contributed by atoms with Crippen molar-refractivity contribution in [3.05, 3.63) is 62.4 Å². The third kappa shape index (κ3) is 11.9. The third-order valence-corrected chi connectivity index (χ3v) is 7.82. The summed E-state index contributed by atoms with van der Waals surface area (Å²) in [4.78, 5) is 50.9. The highest BCUT2D eigenvalue weighted by atomic mass is 32.2. The van der Waals surface area contributed by atoms with Crippen molar-refractivity contribution in [3.63, 3.8) is 0 Å². The van der Waals surface area contributed by atoms with E-state index in [0.717, 1.165) is 10.6 Å². The maximum atomic E-state index is 13.7. The second-order valence-electron chi connectivity index (χ2n) is 10.7. The summed E-state index contributed by atoms with van der Waals surface area (Å²) >= 11 is 0. The average molecular weight is 672 g/mol. The summed E-state index contributed by atoms with van der Waals surface area (Å²) in [6, 6.07) is 5.40. The Labute approximate surface area is 265 Å². The minimum absolute atomic E-state index is 0.00449. The van der Waals surface area contributed by atoms with E-state index in [1.165, 1.54) is 50.4 Å². The Balaban J connectivity index is 2.13. The van der Waals surface area contributed by atoms with Crippen LogP contribution in [0.5, 0.6) is 0 Å². The predicted octanol–water partition coefficient (Wildman–Crippen LogP) is 3.30. The Morgan fingerprint density at radius 3 is 2.41 bits per heavy atom. The summed E-state index contributed by atoms with van der Waals surface area (Å²) < 4.78 is 44.1. The number of esters is 1. The van der Waals surface area contributed by atoms with Gasteiger partial charge in [0, 0.05) is 24.6 Å². The van der Waals surface area contributed by atoms with Crippen LogP contribution in [0.2, 0.25) is 0 Å². The van der Waals surface area contributed by atoms with Crippen molar-refractivity contribution in [2.24, 2.45) is 5.34 Å². The summed E-state index contributed by atoms with van der Waals surface area (Å²) in [6.07, 6.45) is -1.39. The van der Waals surface area contributed by atoms with Gasteiger partial charge in [-0.2, -0.15) is 0 Å². The van der Waals surface area contributed by atoms with Crippen LogP contribution in [0.3, 0.4) is 0 Å². The second kappa shape index (κ2) is 17.4. The first-order valence-electron chi connectivity index (χ1n) is 14.1. The molecule has 0 fully saturated rings. The van der Waals surface area contributed by atoms with Gasteiger partial charge in [-0.15, -0.1) is 15.0 Å². The van der Waals surface area contributed by atoms with Crippen LogP contribution < -0.4 is 4.31 Å². The fraction of sp³-hybridized carbons (Fsp3) is 0.536. The molecular formula is C28H38FN5O11S. The van der Waals surface area contributed by atoms with Gasteiger partial charge in [0.15, 0.2) is 11.4 Å². The molecule has 3 unspecified atom stereocenters. The standard InChI is InChI=1S/C28H38FN5O11S/c1-17(2)26-23(27(19-8-10-20(29)11-9-19)31-28(30-26)33(4)46(5,41)42)13-12-21(35)15-22(36)16-25(37)43-14-6-7-24(45-34(39)40)18(3)44-32-38/h8-13,17-18,21-22,24,35-36H,6-7,14-16H2,1-5H3/b13-12+/t18?,21?,22-,24?/m1/s1. The molecule has 0 aliphatic carbocycles. The van der Waals surface area contributed by atoms with Crippen LogP contribution in [0, 0.1) is 20.8 Å². The van der Waals surface area contributed by atoms with E-state index < -0.39 is 57.7 Å². The van der Waals surface area contributed by atoms with Gasteiger partial charge in [-0.05, 0) is 49.9 Å². The highest BCUT2D eigenvalue weighted by Crippen LogP contribution is 2.32. The largest absolute Gasteiger partial charge is 0.466 e. The number of hydrogen-bond donors (Lipinski definition) is 2. The second-order valence-corrected chi connectivity index (χ2v) is 12.7. The van der Waals surface area contributed by atoms with Crippen molar-refractivity contribution in [1.82, 2.24) is 9.97 Å². The van der Waals surface area contributed by atoms with E-state index in [2.05, 4.69) is 25.0 Å². The molecule has 0 saturated carbocycles. The number of rotatable bonds is 19. The van der Waals surface area contributed by atoms with E-state index >= 15 is 0 Å². The quantitative estimate of drug-likeness (QED) is 0.0720. The van der Waals surface area contributed by atoms with Crippen LogP contribution >= 0.6 is 0 Å². The van der Waals surface area contributed by atoms with Crippen molar-refractivity contribution < 1.29 is 47.3 Å². The Kier molecular flexibility index (Phi) is 14.3. The number of aromatic nitrogens is 2. The molecule has 16 nitrogen and oxygen atoms in total. The molecule has 2 aromatic rings. The van der Waals surface area contributed by atoms with E-state index in [9.17, 15) is 42.8 Å². The van der Waals surface area contributed by atoms with Crippen molar-refractivity contribution in [2.75, 3.05) is 24.2 Å². The topological polar surface area (TPSA) is 221 Å². The Hall–Kier alpha value is -4.29. The van der Waals surface area contributed by atoms with Crippen molar-refractivity contribution in [3.8, 4) is 11.3 Å². The lowest BCUT2D eigenvalue weighted by atomic mass is 9.97. The van der Waals surface area contributed by atoms with Gasteiger partial charge in [0.05, 0.1) is 42.9 Å². The first-order valence-corrected chi connectivity index (χ1v) is 16.0. The molecule has 1 aromatic carbocycles. The molecule has 0 aliphatic rings. The molecule has 0 radical (unpaired) electrons. The lowest BCUT2D eigenvalue weighted by Gasteiger charge is -2.20. The molecule has 4 atom stereocenters. The van der Waals surface area contributed by atoms with Crippen LogP contribution in [-0.4, -0.2) is 84.0 Å². The van der Waals surface area contributed by atoms with Crippen LogP contribution in [-0.2, 0) is 29.2 Å². The van der Waals surface area contributed by atoms with Crippen LogP contribution in [0.1, 0.15) is 63.6 Å². The molecule has 0 aliphatic heterocycles. The van der Waals surface area contributed by atoms with E-state index in [-0.39, 0.29) is 43.4 Å². The molecule has 46 heavy (non-hydrogen) atoms. The van der Waals surface area contributed by atoms with Crippen molar-refractivity contribution in [2.45, 2.75) is 76.8 Å². The number of aliphatic hydroxyl groups is 2. The first-order chi connectivity index (χ1) is 21.5. The number of anilines is 1. The molecular weight excluding hydrogens is 633 g/mol. The van der Waals surface area contributed by atoms with Gasteiger partial charge < -0.3 is 24.6 Å². The molecule has 0 saturated heterocycles. The molecule has 254 valence electrons. The number of nitrogens with zero attached hydrogens (tertiary/aromatic N) is 5. The lowest BCUT2D eigenvalue weighted by Crippen LogP contribution is -2.30. The number of halogens is 1. The predicted molar refractivity (Wildman–Crippen MR) is 163 cm³/mol. The van der Waals surface area contributed by atoms with Crippen LogP contribution in [0.15, 0.2) is 35.7 Å². The average Bonchev–Trinajstić information content (AvgIpc) is 2.96. The lowest BCUT2D eigenvalue weighted by molar-refractivity contribution is -0.770. The highest BCUT2D eigenvalue weighted by molar-refractivity contribution is 7.92. The highest BCUT2D eigenvalue weighted by Gasteiger charge is 2.25. The van der Waals surface area contributed by atoms with Gasteiger partial charge >= 0.3 is 5.97 Å². The minimum atomic E-state index is -3.71. The number of carbonyl (C=O) groups excluding carboxylic acids is 1. The third-order valence-electron chi connectivity index (χ3n) is 6.66. The summed E-state index contributed by atoms with van der Waals surface area (Å²) in [6.45, 7) is 4.85. The summed E-state index contributed by atoms with van der Waals surface area (Å²) in [7, 11) is -2.41. The van der Waals surface area contributed by atoms with Gasteiger partial charge in [-0.25, -0.2) is 27.1 Å². The maximum absolute atomic E-state index is 13.7. The van der Waals surface area contributed by atoms with Gasteiger partial charge in [0.25, 0.3) is 5.09 Å². The zero-order valence-corrected chi connectivity index (χ0v) is 26.8. The Morgan fingerprint density at radius 2 is 1.85 bits per heavy atom. The molecule has 0 spiro atoms. The van der Waals surface area contributed by atoms with E-state index in [1.54, 1.807) is 0 Å². The van der Waals surface area contributed by atoms with Gasteiger partial charge in [-0.1, -0.05) is 26.0 Å². The summed E-state index contributed by atoms with van der Waals surface area (Å²) in [5.41, 5.74) is 1.63. The Bertz CT molecular complexity index is 1470. The monoisotopic (exact) mass is 671 g/mol. The number of carbonyl (C=O) groups is 1.